The van der Waals surface area contributed by atoms with Gasteiger partial charge in [0, 0.05) is 5.02 Å². The van der Waals surface area contributed by atoms with Gasteiger partial charge in [0.15, 0.2) is 0 Å². The molecule has 0 radical (unpaired) electrons. The molecule has 1 unspecified atom stereocenters. The molecule has 0 aliphatic carbocycles. The minimum Gasteiger partial charge on any atom is -0.279 e. The van der Waals surface area contributed by atoms with Gasteiger partial charge in [-0.3, -0.25) is 4.72 Å². The number of rotatable bonds is 5. The maximum Gasteiger partial charge on any atom is 0.263 e. The van der Waals surface area contributed by atoms with Gasteiger partial charge in [0.1, 0.15) is 4.90 Å². The quantitative estimate of drug-likeness (QED) is 0.788. The van der Waals surface area contributed by atoms with E-state index in [1.165, 1.54) is 18.2 Å². The second-order valence-electron chi connectivity index (χ2n) is 5.08. The first-order valence-electron chi connectivity index (χ1n) is 6.92. The number of halogens is 2. The Hall–Kier alpha value is -1.23. The molecule has 2 aromatic carbocycles. The van der Waals surface area contributed by atoms with Crippen LogP contribution >= 0.6 is 23.2 Å². The zero-order valence-corrected chi connectivity index (χ0v) is 14.6. The van der Waals surface area contributed by atoms with Gasteiger partial charge in [0.25, 0.3) is 10.0 Å². The van der Waals surface area contributed by atoms with E-state index < -0.39 is 10.0 Å². The fourth-order valence-corrected chi connectivity index (χ4v) is 3.99. The van der Waals surface area contributed by atoms with Crippen LogP contribution in [0.5, 0.6) is 0 Å². The Labute approximate surface area is 141 Å². The summed E-state index contributed by atoms with van der Waals surface area (Å²) >= 11 is 11.8. The summed E-state index contributed by atoms with van der Waals surface area (Å²) in [4.78, 5) is 0.0116. The van der Waals surface area contributed by atoms with Crippen molar-refractivity contribution in [3.63, 3.8) is 0 Å². The van der Waals surface area contributed by atoms with E-state index >= 15 is 0 Å². The lowest BCUT2D eigenvalue weighted by molar-refractivity contribution is 0.601. The highest BCUT2D eigenvalue weighted by molar-refractivity contribution is 7.92. The molecule has 6 heteroatoms. The Balaban J connectivity index is 2.41. The third-order valence-corrected chi connectivity index (χ3v) is 5.62. The van der Waals surface area contributed by atoms with Crippen molar-refractivity contribution in [3.8, 4) is 0 Å². The van der Waals surface area contributed by atoms with E-state index in [4.69, 9.17) is 23.2 Å². The van der Waals surface area contributed by atoms with E-state index in [1.807, 2.05) is 12.1 Å². The molecule has 0 saturated heterocycles. The van der Waals surface area contributed by atoms with Gasteiger partial charge in [0.05, 0.1) is 10.7 Å². The number of benzene rings is 2. The molecule has 0 bridgehead atoms. The van der Waals surface area contributed by atoms with Crippen LogP contribution in [0.2, 0.25) is 10.0 Å². The van der Waals surface area contributed by atoms with Gasteiger partial charge in [-0.2, -0.15) is 0 Å². The van der Waals surface area contributed by atoms with Crippen molar-refractivity contribution in [2.45, 2.75) is 31.1 Å². The van der Waals surface area contributed by atoms with Crippen LogP contribution in [0.15, 0.2) is 47.4 Å². The predicted molar refractivity (Wildman–Crippen MR) is 92.4 cm³/mol. The van der Waals surface area contributed by atoms with Gasteiger partial charge in [-0.1, -0.05) is 55.2 Å². The summed E-state index contributed by atoms with van der Waals surface area (Å²) in [7, 11) is -3.77. The number of nitrogens with one attached hydrogen (secondary N) is 1. The van der Waals surface area contributed by atoms with Crippen molar-refractivity contribution in [2.75, 3.05) is 4.72 Å². The minimum absolute atomic E-state index is 0.0116. The van der Waals surface area contributed by atoms with Crippen LogP contribution in [0.3, 0.4) is 0 Å². The Morgan fingerprint density at radius 2 is 1.82 bits per heavy atom. The Kier molecular flexibility index (Phi) is 5.37. The zero-order chi connectivity index (χ0) is 16.3. The van der Waals surface area contributed by atoms with E-state index in [9.17, 15) is 8.42 Å². The molecule has 0 heterocycles. The molecule has 2 rings (SSSR count). The SMILES string of the molecule is CCC(C)c1ccccc1NS(=O)(=O)c1ccc(Cl)cc1Cl. The minimum atomic E-state index is -3.77. The fourth-order valence-electron chi connectivity index (χ4n) is 2.13. The van der Waals surface area contributed by atoms with E-state index in [0.29, 0.717) is 10.7 Å². The summed E-state index contributed by atoms with van der Waals surface area (Å²) in [5, 5.41) is 0.491. The number of sulfonamides is 1. The van der Waals surface area contributed by atoms with Crippen molar-refractivity contribution >= 4 is 38.9 Å². The lowest BCUT2D eigenvalue weighted by Crippen LogP contribution is -2.15. The fraction of sp³-hybridized carbons (Fsp3) is 0.250. The van der Waals surface area contributed by atoms with Crippen LogP contribution in [-0.2, 0) is 10.0 Å². The topological polar surface area (TPSA) is 46.2 Å². The van der Waals surface area contributed by atoms with Gasteiger partial charge in [0.2, 0.25) is 0 Å². The number of para-hydroxylation sites is 1. The molecule has 3 nitrogen and oxygen atoms in total. The van der Waals surface area contributed by atoms with Gasteiger partial charge < -0.3 is 0 Å². The van der Waals surface area contributed by atoms with E-state index in [0.717, 1.165) is 12.0 Å². The number of hydrogen-bond acceptors (Lipinski definition) is 2. The smallest absolute Gasteiger partial charge is 0.263 e. The molecule has 0 aliphatic heterocycles. The first kappa shape index (κ1) is 17.1. The van der Waals surface area contributed by atoms with Crippen molar-refractivity contribution in [2.24, 2.45) is 0 Å². The van der Waals surface area contributed by atoms with Crippen LogP contribution in [-0.4, -0.2) is 8.42 Å². The average molecular weight is 358 g/mol. The zero-order valence-electron chi connectivity index (χ0n) is 12.3. The largest absolute Gasteiger partial charge is 0.279 e. The summed E-state index contributed by atoms with van der Waals surface area (Å²) in [6, 6.07) is 11.7. The van der Waals surface area contributed by atoms with Crippen molar-refractivity contribution in [1.29, 1.82) is 0 Å². The predicted octanol–water partition coefficient (Wildman–Crippen LogP) is 5.31. The summed E-state index contributed by atoms with van der Waals surface area (Å²) in [6.07, 6.45) is 0.917. The van der Waals surface area contributed by atoms with Gasteiger partial charge >= 0.3 is 0 Å². The van der Waals surface area contributed by atoms with E-state index in [-0.39, 0.29) is 15.8 Å². The highest BCUT2D eigenvalue weighted by atomic mass is 35.5. The summed E-state index contributed by atoms with van der Waals surface area (Å²) < 4.78 is 27.7. The second kappa shape index (κ2) is 6.90. The third kappa shape index (κ3) is 3.75. The highest BCUT2D eigenvalue weighted by Crippen LogP contribution is 2.30. The molecule has 1 atom stereocenters. The van der Waals surface area contributed by atoms with Crippen molar-refractivity contribution in [3.05, 3.63) is 58.1 Å². The lowest BCUT2D eigenvalue weighted by Gasteiger charge is -2.17. The molecule has 0 aliphatic rings. The van der Waals surface area contributed by atoms with Gasteiger partial charge in [-0.15, -0.1) is 0 Å². The highest BCUT2D eigenvalue weighted by Gasteiger charge is 2.20. The molecule has 118 valence electrons. The molecule has 0 aromatic heterocycles. The second-order valence-corrected chi connectivity index (χ2v) is 7.57. The lowest BCUT2D eigenvalue weighted by atomic mass is 9.97. The maximum absolute atomic E-state index is 12.6. The normalized spacial score (nSPS) is 12.9. The molecule has 0 amide bonds. The molecular formula is C16H17Cl2NO2S. The summed E-state index contributed by atoms with van der Waals surface area (Å²) in [5.74, 6) is 0.250. The van der Waals surface area contributed by atoms with E-state index in [1.54, 1.807) is 12.1 Å². The molecule has 2 aromatic rings. The average Bonchev–Trinajstić information content (AvgIpc) is 2.46. The van der Waals surface area contributed by atoms with Crippen LogP contribution in [0, 0.1) is 0 Å². The van der Waals surface area contributed by atoms with Crippen LogP contribution in [0.4, 0.5) is 5.69 Å². The van der Waals surface area contributed by atoms with Gasteiger partial charge in [-0.25, -0.2) is 8.42 Å². The molecule has 0 saturated carbocycles. The molecule has 22 heavy (non-hydrogen) atoms. The van der Waals surface area contributed by atoms with Crippen LogP contribution < -0.4 is 4.72 Å². The molecule has 0 fully saturated rings. The van der Waals surface area contributed by atoms with Gasteiger partial charge in [-0.05, 0) is 42.2 Å². The molecule has 1 N–H and O–H groups in total. The Morgan fingerprint density at radius 1 is 1.14 bits per heavy atom. The molecular weight excluding hydrogens is 341 g/mol. The Bertz CT molecular complexity index is 775. The summed E-state index contributed by atoms with van der Waals surface area (Å²) in [6.45, 7) is 4.12. The number of anilines is 1. The summed E-state index contributed by atoms with van der Waals surface area (Å²) in [5.41, 5.74) is 1.53. The Morgan fingerprint density at radius 3 is 2.45 bits per heavy atom. The third-order valence-electron chi connectivity index (χ3n) is 3.53. The molecule has 0 spiro atoms. The van der Waals surface area contributed by atoms with Crippen molar-refractivity contribution < 1.29 is 8.42 Å². The first-order chi connectivity index (χ1) is 10.3. The van der Waals surface area contributed by atoms with Crippen molar-refractivity contribution in [1.82, 2.24) is 0 Å². The maximum atomic E-state index is 12.6. The number of hydrogen-bond donors (Lipinski definition) is 1. The first-order valence-corrected chi connectivity index (χ1v) is 9.16. The monoisotopic (exact) mass is 357 g/mol. The standard InChI is InChI=1S/C16H17Cl2NO2S/c1-3-11(2)13-6-4-5-7-15(13)19-22(20,21)16-9-8-12(17)10-14(16)18/h4-11,19H,3H2,1-2H3. The van der Waals surface area contributed by atoms with Crippen LogP contribution in [0.1, 0.15) is 31.7 Å². The van der Waals surface area contributed by atoms with Crippen LogP contribution in [0.25, 0.3) is 0 Å². The van der Waals surface area contributed by atoms with E-state index in [2.05, 4.69) is 18.6 Å².